The normalized spacial score (nSPS) is 14.7. The molecule has 1 heteroatoms. The summed E-state index contributed by atoms with van der Waals surface area (Å²) in [6.07, 6.45) is 7.34. The van der Waals surface area contributed by atoms with Gasteiger partial charge in [-0.3, -0.25) is 0 Å². The maximum atomic E-state index is 2.59. The highest BCUT2D eigenvalue weighted by Gasteiger charge is 2.44. The second kappa shape index (κ2) is 9.54. The molecule has 3 aromatic carbocycles. The summed E-state index contributed by atoms with van der Waals surface area (Å²) in [4.78, 5) is 0. The van der Waals surface area contributed by atoms with E-state index in [-0.39, 0.29) is 0 Å². The van der Waals surface area contributed by atoms with Crippen LogP contribution in [0.5, 0.6) is 0 Å². The lowest BCUT2D eigenvalue weighted by molar-refractivity contribution is 0.671. The van der Waals surface area contributed by atoms with E-state index in [1.807, 2.05) is 0 Å². The van der Waals surface area contributed by atoms with Crippen LogP contribution in [0.4, 0.5) is 0 Å². The van der Waals surface area contributed by atoms with Crippen LogP contribution in [-0.2, 0) is 0 Å². The Kier molecular flexibility index (Phi) is 6.87. The summed E-state index contributed by atoms with van der Waals surface area (Å²) >= 11 is 0. The fraction of sp³-hybridized carbons (Fsp3) is 0.333. The van der Waals surface area contributed by atoms with Crippen LogP contribution >= 0.6 is 0 Å². The molecule has 1 aliphatic rings. The molecule has 0 aromatic heterocycles. The van der Waals surface area contributed by atoms with Gasteiger partial charge in [0, 0.05) is 0 Å². The van der Waals surface area contributed by atoms with Crippen molar-refractivity contribution in [2.24, 2.45) is 5.92 Å². The third-order valence-electron chi connectivity index (χ3n) is 7.53. The highest BCUT2D eigenvalue weighted by Crippen LogP contribution is 2.32. The predicted molar refractivity (Wildman–Crippen MR) is 153 cm³/mol. The van der Waals surface area contributed by atoms with E-state index in [0.717, 1.165) is 6.42 Å². The molecule has 4 rings (SSSR count). The monoisotopic (exact) mass is 464 g/mol. The van der Waals surface area contributed by atoms with Gasteiger partial charge in [0.1, 0.15) is 0 Å². The molecule has 0 heterocycles. The third-order valence-corrected chi connectivity index (χ3v) is 12.3. The fourth-order valence-electron chi connectivity index (χ4n) is 6.02. The molecule has 0 amide bonds. The molecular weight excluding hydrogens is 424 g/mol. The molecule has 0 spiro atoms. The van der Waals surface area contributed by atoms with Crippen molar-refractivity contribution in [3.8, 4) is 0 Å². The predicted octanol–water partition coefficient (Wildman–Crippen LogP) is 6.85. The molecule has 0 aliphatic heterocycles. The van der Waals surface area contributed by atoms with Crippen molar-refractivity contribution in [3.63, 3.8) is 0 Å². The maximum absolute atomic E-state index is 2.59. The minimum Gasteiger partial charge on any atom is -0.0773 e. The minimum absolute atomic E-state index is 0.599. The molecule has 0 fully saturated rings. The molecule has 0 nitrogen and oxygen atoms in total. The quantitative estimate of drug-likeness (QED) is 0.276. The zero-order valence-corrected chi connectivity index (χ0v) is 23.3. The molecular formula is C33H40Si. The molecule has 34 heavy (non-hydrogen) atoms. The smallest absolute Gasteiger partial charge is 0.0773 e. The van der Waals surface area contributed by atoms with Gasteiger partial charge in [-0.15, -0.1) is 0 Å². The number of rotatable bonds is 6. The van der Waals surface area contributed by atoms with E-state index in [0.29, 0.717) is 5.92 Å². The number of allylic oxidation sites excluding steroid dienone is 4. The summed E-state index contributed by atoms with van der Waals surface area (Å²) in [5.41, 5.74) is 9.66. The van der Waals surface area contributed by atoms with Gasteiger partial charge >= 0.3 is 0 Å². The molecule has 0 saturated carbocycles. The molecule has 3 aromatic rings. The first-order chi connectivity index (χ1) is 16.1. The molecule has 1 aliphatic carbocycles. The van der Waals surface area contributed by atoms with E-state index in [1.165, 1.54) is 60.9 Å². The summed E-state index contributed by atoms with van der Waals surface area (Å²) in [7, 11) is -2.47. The Balaban J connectivity index is 2.16. The van der Waals surface area contributed by atoms with Crippen molar-refractivity contribution in [1.29, 1.82) is 0 Å². The van der Waals surface area contributed by atoms with Gasteiger partial charge in [-0.2, -0.15) is 0 Å². The summed E-state index contributed by atoms with van der Waals surface area (Å²) in [6.45, 7) is 18.2. The molecule has 1 unspecified atom stereocenters. The summed E-state index contributed by atoms with van der Waals surface area (Å²) in [5, 5.41) is 6.18. The van der Waals surface area contributed by atoms with Gasteiger partial charge in [-0.1, -0.05) is 119 Å². The van der Waals surface area contributed by atoms with Crippen LogP contribution in [0.1, 0.15) is 60.1 Å². The Hall–Kier alpha value is -2.64. The van der Waals surface area contributed by atoms with Gasteiger partial charge in [0.2, 0.25) is 0 Å². The van der Waals surface area contributed by atoms with Crippen LogP contribution in [0.15, 0.2) is 77.5 Å². The Bertz CT molecular complexity index is 1100. The van der Waals surface area contributed by atoms with Gasteiger partial charge in [-0.25, -0.2) is 0 Å². The molecule has 0 saturated heterocycles. The SMILES string of the molecule is CCC(C)C1=CCC([Si](c2cc(C)cc(C)c2)(c2cc(C)cc(C)c2)c2cc(C)cc(C)c2)=C1. The van der Waals surface area contributed by atoms with Crippen LogP contribution in [0.2, 0.25) is 0 Å². The van der Waals surface area contributed by atoms with Crippen molar-refractivity contribution >= 4 is 23.6 Å². The average Bonchev–Trinajstić information content (AvgIpc) is 3.22. The first kappa shape index (κ1) is 24.5. The Morgan fingerprint density at radius 1 is 0.618 bits per heavy atom. The lowest BCUT2D eigenvalue weighted by Crippen LogP contribution is -2.69. The largest absolute Gasteiger partial charge is 0.176 e. The average molecular weight is 465 g/mol. The Labute approximate surface area is 208 Å². The summed E-state index contributed by atoms with van der Waals surface area (Å²) in [6, 6.07) is 21.8. The number of hydrogen-bond donors (Lipinski definition) is 0. The summed E-state index contributed by atoms with van der Waals surface area (Å²) in [5.74, 6) is 0.599. The summed E-state index contributed by atoms with van der Waals surface area (Å²) < 4.78 is 0. The zero-order chi connectivity index (χ0) is 24.6. The van der Waals surface area contributed by atoms with Crippen molar-refractivity contribution in [2.75, 3.05) is 0 Å². The van der Waals surface area contributed by atoms with E-state index < -0.39 is 8.07 Å². The van der Waals surface area contributed by atoms with E-state index in [1.54, 1.807) is 5.20 Å². The fourth-order valence-corrected chi connectivity index (χ4v) is 11.6. The zero-order valence-electron chi connectivity index (χ0n) is 22.3. The Morgan fingerprint density at radius 2 is 0.971 bits per heavy atom. The molecule has 0 bridgehead atoms. The molecule has 176 valence electrons. The number of aryl methyl sites for hydroxylation is 6. The van der Waals surface area contributed by atoms with Crippen molar-refractivity contribution in [3.05, 3.63) is 111 Å². The second-order valence-electron chi connectivity index (χ2n) is 10.8. The lowest BCUT2D eigenvalue weighted by Gasteiger charge is -2.37. The number of benzene rings is 3. The highest BCUT2D eigenvalue weighted by molar-refractivity contribution is 7.16. The van der Waals surface area contributed by atoms with Gasteiger partial charge in [0.05, 0.1) is 0 Å². The first-order valence-electron chi connectivity index (χ1n) is 12.8. The second-order valence-corrected chi connectivity index (χ2v) is 14.6. The van der Waals surface area contributed by atoms with E-state index >= 15 is 0 Å². The van der Waals surface area contributed by atoms with Crippen LogP contribution < -0.4 is 15.6 Å². The molecule has 1 atom stereocenters. The Morgan fingerprint density at radius 3 is 1.29 bits per heavy atom. The van der Waals surface area contributed by atoms with Crippen LogP contribution in [0.3, 0.4) is 0 Å². The standard InChI is InChI=1S/C33H40Si/c1-9-28(8)29-10-11-30(21-29)34(31-15-22(2)12-23(3)16-31,32-17-24(4)13-25(5)18-32)33-19-26(6)14-27(7)20-33/h10,12-21,28H,9,11H2,1-8H3. The highest BCUT2D eigenvalue weighted by atomic mass is 28.3. The van der Waals surface area contributed by atoms with Crippen molar-refractivity contribution in [1.82, 2.24) is 0 Å². The number of hydrogen-bond acceptors (Lipinski definition) is 0. The van der Waals surface area contributed by atoms with Gasteiger partial charge in [0.15, 0.2) is 8.07 Å². The van der Waals surface area contributed by atoms with Gasteiger partial charge < -0.3 is 0 Å². The van der Waals surface area contributed by atoms with Crippen molar-refractivity contribution in [2.45, 2.75) is 68.2 Å². The van der Waals surface area contributed by atoms with Gasteiger partial charge in [0.25, 0.3) is 0 Å². The lowest BCUT2D eigenvalue weighted by atomic mass is 10.0. The van der Waals surface area contributed by atoms with E-state index in [4.69, 9.17) is 0 Å². The molecule has 0 N–H and O–H groups in total. The first-order valence-corrected chi connectivity index (χ1v) is 14.8. The molecule has 0 radical (unpaired) electrons. The van der Waals surface area contributed by atoms with Crippen LogP contribution in [0, 0.1) is 47.5 Å². The van der Waals surface area contributed by atoms with Gasteiger partial charge in [-0.05, 0) is 81.4 Å². The third kappa shape index (κ3) is 4.51. The topological polar surface area (TPSA) is 0 Å². The van der Waals surface area contributed by atoms with E-state index in [9.17, 15) is 0 Å². The van der Waals surface area contributed by atoms with Crippen LogP contribution in [0.25, 0.3) is 0 Å². The minimum atomic E-state index is -2.47. The van der Waals surface area contributed by atoms with Crippen molar-refractivity contribution < 1.29 is 0 Å². The van der Waals surface area contributed by atoms with E-state index in [2.05, 4.69) is 122 Å². The maximum Gasteiger partial charge on any atom is 0.176 e. The van der Waals surface area contributed by atoms with Crippen LogP contribution in [-0.4, -0.2) is 8.07 Å².